The average Bonchev–Trinajstić information content (AvgIpc) is 3.21. The Morgan fingerprint density at radius 1 is 1.21 bits per heavy atom. The van der Waals surface area contributed by atoms with Gasteiger partial charge in [-0.3, -0.25) is 9.36 Å². The highest BCUT2D eigenvalue weighted by molar-refractivity contribution is 7.07. The number of aromatic nitrogens is 1. The summed E-state index contributed by atoms with van der Waals surface area (Å²) in [5.41, 5.74) is 3.07. The van der Waals surface area contributed by atoms with Gasteiger partial charge in [0.1, 0.15) is 6.07 Å². The molecule has 0 bridgehead atoms. The standard InChI is InChI=1S/C28H28N4O5S/c1-6-36-27(34)24-17(2)30-28-32(25(24)19-8-10-20(11-9-19)31(3)4)26(33)23(38-28)16-18-7-12-21(37-14-13-29)22(15-18)35-5/h7-12,15-16,25H,6,14H2,1-5H3/b23-16-/t25-/m1/s1. The van der Waals surface area contributed by atoms with Crippen molar-refractivity contribution in [3.8, 4) is 17.6 Å². The topological polar surface area (TPSA) is 106 Å². The van der Waals surface area contributed by atoms with Crippen LogP contribution in [0.5, 0.6) is 11.5 Å². The molecule has 0 amide bonds. The lowest BCUT2D eigenvalue weighted by molar-refractivity contribution is -0.139. The number of esters is 1. The normalized spacial score (nSPS) is 14.8. The van der Waals surface area contributed by atoms with E-state index in [2.05, 4.69) is 4.99 Å². The summed E-state index contributed by atoms with van der Waals surface area (Å²) >= 11 is 1.24. The Morgan fingerprint density at radius 3 is 2.58 bits per heavy atom. The highest BCUT2D eigenvalue weighted by Crippen LogP contribution is 2.32. The van der Waals surface area contributed by atoms with Crippen molar-refractivity contribution in [1.82, 2.24) is 4.57 Å². The Morgan fingerprint density at radius 2 is 1.95 bits per heavy atom. The van der Waals surface area contributed by atoms with Crippen molar-refractivity contribution in [2.75, 3.05) is 39.3 Å². The number of anilines is 1. The number of allylic oxidation sites excluding steroid dienone is 1. The van der Waals surface area contributed by atoms with Gasteiger partial charge < -0.3 is 19.1 Å². The molecule has 2 heterocycles. The van der Waals surface area contributed by atoms with E-state index in [1.807, 2.05) is 49.3 Å². The van der Waals surface area contributed by atoms with E-state index in [1.165, 1.54) is 18.4 Å². The lowest BCUT2D eigenvalue weighted by atomic mass is 9.95. The zero-order valence-electron chi connectivity index (χ0n) is 21.8. The second kappa shape index (κ2) is 11.4. The van der Waals surface area contributed by atoms with E-state index in [9.17, 15) is 9.59 Å². The van der Waals surface area contributed by atoms with Crippen molar-refractivity contribution in [3.05, 3.63) is 84.5 Å². The number of nitriles is 1. The minimum absolute atomic E-state index is 0.105. The number of ether oxygens (including phenoxy) is 3. The molecule has 0 radical (unpaired) electrons. The summed E-state index contributed by atoms with van der Waals surface area (Å²) in [5.74, 6) is 0.381. The van der Waals surface area contributed by atoms with Crippen molar-refractivity contribution in [2.24, 2.45) is 4.99 Å². The SMILES string of the molecule is CCOC(=O)C1=C(C)N=c2s/c(=C\c3ccc(OCC#N)c(OC)c3)c(=O)n2[C@@H]1c1ccc(N(C)C)cc1. The average molecular weight is 533 g/mol. The van der Waals surface area contributed by atoms with Gasteiger partial charge in [-0.05, 0) is 55.3 Å². The number of methoxy groups -OCH3 is 1. The molecule has 4 rings (SSSR count). The van der Waals surface area contributed by atoms with Gasteiger partial charge in [-0.2, -0.15) is 5.26 Å². The van der Waals surface area contributed by atoms with Crippen molar-refractivity contribution in [1.29, 1.82) is 5.26 Å². The highest BCUT2D eigenvalue weighted by atomic mass is 32.1. The second-order valence-corrected chi connectivity index (χ2v) is 9.65. The van der Waals surface area contributed by atoms with Crippen LogP contribution in [0.3, 0.4) is 0 Å². The molecule has 1 aromatic heterocycles. The van der Waals surface area contributed by atoms with Crippen LogP contribution in [0.1, 0.15) is 31.0 Å². The number of thiazole rings is 1. The summed E-state index contributed by atoms with van der Waals surface area (Å²) in [6, 6.07) is 14.2. The predicted octanol–water partition coefficient (Wildman–Crippen LogP) is 2.78. The minimum Gasteiger partial charge on any atom is -0.493 e. The Bertz CT molecular complexity index is 1610. The number of carbonyl (C=O) groups excluding carboxylic acids is 1. The first-order chi connectivity index (χ1) is 18.3. The molecule has 3 aromatic rings. The molecule has 0 aliphatic carbocycles. The molecule has 1 atom stereocenters. The van der Waals surface area contributed by atoms with Gasteiger partial charge in [0.15, 0.2) is 22.9 Å². The third-order valence-electron chi connectivity index (χ3n) is 6.02. The summed E-state index contributed by atoms with van der Waals surface area (Å²) in [6.45, 7) is 3.61. The lowest BCUT2D eigenvalue weighted by Crippen LogP contribution is -2.39. The smallest absolute Gasteiger partial charge is 0.338 e. The molecule has 0 fully saturated rings. The summed E-state index contributed by atoms with van der Waals surface area (Å²) in [5, 5.41) is 8.79. The third kappa shape index (κ3) is 5.19. The molecule has 0 saturated carbocycles. The number of rotatable bonds is 8. The van der Waals surface area contributed by atoms with Crippen molar-refractivity contribution < 1.29 is 19.0 Å². The first-order valence-corrected chi connectivity index (χ1v) is 12.7. The Kier molecular flexibility index (Phi) is 7.98. The zero-order chi connectivity index (χ0) is 27.4. The zero-order valence-corrected chi connectivity index (χ0v) is 22.7. The van der Waals surface area contributed by atoms with Crippen LogP contribution in [0.15, 0.2) is 63.5 Å². The molecule has 1 aliphatic heterocycles. The van der Waals surface area contributed by atoms with Crippen LogP contribution >= 0.6 is 11.3 Å². The molecule has 2 aromatic carbocycles. The lowest BCUT2D eigenvalue weighted by Gasteiger charge is -2.25. The quantitative estimate of drug-likeness (QED) is 0.411. The van der Waals surface area contributed by atoms with E-state index >= 15 is 0 Å². The van der Waals surface area contributed by atoms with Crippen LogP contribution in [0.25, 0.3) is 6.08 Å². The summed E-state index contributed by atoms with van der Waals surface area (Å²) in [6.07, 6.45) is 1.75. The maximum atomic E-state index is 13.8. The maximum Gasteiger partial charge on any atom is 0.338 e. The molecule has 0 unspecified atom stereocenters. The number of hydrogen-bond acceptors (Lipinski definition) is 9. The Labute approximate surface area is 224 Å². The Hall–Kier alpha value is -4.36. The van der Waals surface area contributed by atoms with Gasteiger partial charge >= 0.3 is 5.97 Å². The van der Waals surface area contributed by atoms with Crippen molar-refractivity contribution >= 4 is 29.1 Å². The Balaban J connectivity index is 1.87. The first-order valence-electron chi connectivity index (χ1n) is 11.9. The van der Waals surface area contributed by atoms with Gasteiger partial charge in [0, 0.05) is 19.8 Å². The molecule has 0 saturated heterocycles. The van der Waals surface area contributed by atoms with Crippen LogP contribution in [-0.4, -0.2) is 45.0 Å². The third-order valence-corrected chi connectivity index (χ3v) is 7.00. The first kappa shape index (κ1) is 26.7. The minimum atomic E-state index is -0.681. The molecule has 1 aliphatic rings. The second-order valence-electron chi connectivity index (χ2n) is 8.65. The number of carbonyl (C=O) groups is 1. The largest absolute Gasteiger partial charge is 0.493 e. The molecule has 0 N–H and O–H groups in total. The maximum absolute atomic E-state index is 13.8. The molecular formula is C28H28N4O5S. The van der Waals surface area contributed by atoms with Gasteiger partial charge in [0.05, 0.1) is 35.6 Å². The summed E-state index contributed by atoms with van der Waals surface area (Å²) in [7, 11) is 5.40. The fourth-order valence-electron chi connectivity index (χ4n) is 4.22. The van der Waals surface area contributed by atoms with Gasteiger partial charge in [0.25, 0.3) is 5.56 Å². The molecule has 38 heavy (non-hydrogen) atoms. The van der Waals surface area contributed by atoms with Crippen LogP contribution in [0.2, 0.25) is 0 Å². The highest BCUT2D eigenvalue weighted by Gasteiger charge is 2.33. The van der Waals surface area contributed by atoms with Crippen LogP contribution in [-0.2, 0) is 9.53 Å². The number of fused-ring (bicyclic) bond motifs is 1. The molecular weight excluding hydrogens is 504 g/mol. The molecule has 0 spiro atoms. The van der Waals surface area contributed by atoms with Crippen molar-refractivity contribution in [2.45, 2.75) is 19.9 Å². The predicted molar refractivity (Wildman–Crippen MR) is 145 cm³/mol. The van der Waals surface area contributed by atoms with E-state index in [0.29, 0.717) is 37.7 Å². The van der Waals surface area contributed by atoms with Crippen molar-refractivity contribution in [3.63, 3.8) is 0 Å². The van der Waals surface area contributed by atoms with Gasteiger partial charge in [0.2, 0.25) is 0 Å². The summed E-state index contributed by atoms with van der Waals surface area (Å²) in [4.78, 5) is 33.9. The number of nitrogens with zero attached hydrogens (tertiary/aromatic N) is 4. The number of benzene rings is 2. The van der Waals surface area contributed by atoms with E-state index in [0.717, 1.165) is 11.3 Å². The van der Waals surface area contributed by atoms with Gasteiger partial charge in [-0.25, -0.2) is 9.79 Å². The van der Waals surface area contributed by atoms with E-state index in [1.54, 1.807) is 42.7 Å². The molecule has 10 heteroatoms. The van der Waals surface area contributed by atoms with Crippen LogP contribution < -0.4 is 29.3 Å². The fraction of sp³-hybridized carbons (Fsp3) is 0.286. The summed E-state index contributed by atoms with van der Waals surface area (Å²) < 4.78 is 18.2. The molecule has 9 nitrogen and oxygen atoms in total. The van der Waals surface area contributed by atoms with Gasteiger partial charge in [-0.15, -0.1) is 0 Å². The fourth-order valence-corrected chi connectivity index (χ4v) is 5.26. The monoisotopic (exact) mass is 532 g/mol. The van der Waals surface area contributed by atoms with Crippen LogP contribution in [0.4, 0.5) is 5.69 Å². The van der Waals surface area contributed by atoms with E-state index < -0.39 is 12.0 Å². The van der Waals surface area contributed by atoms with E-state index in [4.69, 9.17) is 19.5 Å². The molecule has 196 valence electrons. The van der Waals surface area contributed by atoms with E-state index in [-0.39, 0.29) is 18.8 Å². The van der Waals surface area contributed by atoms with Crippen LogP contribution in [0, 0.1) is 11.3 Å². The van der Waals surface area contributed by atoms with Gasteiger partial charge in [-0.1, -0.05) is 29.5 Å². The number of hydrogen-bond donors (Lipinski definition) is 0.